The van der Waals surface area contributed by atoms with Gasteiger partial charge in [0.05, 0.1) is 0 Å². The monoisotopic (exact) mass is 289 g/mol. The van der Waals surface area contributed by atoms with E-state index in [9.17, 15) is 5.21 Å². The first-order chi connectivity index (χ1) is 10.9. The van der Waals surface area contributed by atoms with Gasteiger partial charge in [-0.2, -0.15) is 0 Å². The summed E-state index contributed by atoms with van der Waals surface area (Å²) in [5, 5.41) is 12.8. The van der Waals surface area contributed by atoms with E-state index >= 15 is 0 Å². The Hall–Kier alpha value is -2.94. The molecule has 1 heterocycles. The quantitative estimate of drug-likeness (QED) is 0.340. The van der Waals surface area contributed by atoms with Crippen LogP contribution in [0.4, 0.5) is 0 Å². The zero-order valence-corrected chi connectivity index (χ0v) is 12.1. The highest BCUT2D eigenvalue weighted by Crippen LogP contribution is 2.09. The van der Waals surface area contributed by atoms with Crippen molar-refractivity contribution in [2.75, 3.05) is 0 Å². The van der Waals surface area contributed by atoms with Gasteiger partial charge in [-0.3, -0.25) is 0 Å². The van der Waals surface area contributed by atoms with Gasteiger partial charge in [0.15, 0.2) is 18.9 Å². The first-order valence-electron chi connectivity index (χ1n) is 7.18. The average molecular weight is 289 g/mol. The van der Waals surface area contributed by atoms with Crippen molar-refractivity contribution in [2.45, 2.75) is 6.54 Å². The third-order valence-electron chi connectivity index (χ3n) is 3.52. The van der Waals surface area contributed by atoms with E-state index < -0.39 is 0 Å². The van der Waals surface area contributed by atoms with E-state index in [1.54, 1.807) is 0 Å². The molecule has 0 saturated heterocycles. The zero-order chi connectivity index (χ0) is 15.2. The Morgan fingerprint density at radius 3 is 1.91 bits per heavy atom. The highest BCUT2D eigenvalue weighted by molar-refractivity contribution is 6.12. The summed E-state index contributed by atoms with van der Waals surface area (Å²) in [7, 11) is 0. The zero-order valence-electron chi connectivity index (χ0n) is 12.1. The maximum Gasteiger partial charge on any atom is 0.173 e. The molecule has 108 valence electrons. The van der Waals surface area contributed by atoms with Crippen LogP contribution in [0.25, 0.3) is 0 Å². The second kappa shape index (κ2) is 6.68. The predicted molar refractivity (Wildman–Crippen MR) is 86.0 cm³/mol. The van der Waals surface area contributed by atoms with Crippen LogP contribution in [-0.4, -0.2) is 10.9 Å². The number of hydrogen-bond acceptors (Lipinski definition) is 2. The van der Waals surface area contributed by atoms with E-state index in [1.807, 2.05) is 73.1 Å². The van der Waals surface area contributed by atoms with E-state index in [1.165, 1.54) is 5.56 Å². The van der Waals surface area contributed by atoms with Gasteiger partial charge in [0, 0.05) is 28.8 Å². The molecule has 3 nitrogen and oxygen atoms in total. The van der Waals surface area contributed by atoms with E-state index in [-0.39, 0.29) is 0 Å². The first kappa shape index (κ1) is 14.0. The van der Waals surface area contributed by atoms with E-state index in [0.29, 0.717) is 5.71 Å². The summed E-state index contributed by atoms with van der Waals surface area (Å²) in [6, 6.07) is 23.9. The van der Waals surface area contributed by atoms with E-state index in [2.05, 4.69) is 21.9 Å². The highest BCUT2D eigenvalue weighted by Gasteiger charge is 2.10. The van der Waals surface area contributed by atoms with Crippen molar-refractivity contribution in [1.29, 1.82) is 0 Å². The standard InChI is InChI=1S/C19H16N2O/c22-20-19(17-9-5-2-6-10-17)18-11-13-21(14-12-18)15-16-7-3-1-4-8-16/h1-14H,15H2/p+1. The minimum atomic E-state index is 0.576. The molecule has 0 radical (unpaired) electrons. The number of benzene rings is 2. The van der Waals surface area contributed by atoms with Crippen LogP contribution in [0.15, 0.2) is 90.3 Å². The summed E-state index contributed by atoms with van der Waals surface area (Å²) in [6.45, 7) is 0.818. The smallest absolute Gasteiger partial charge is 0.173 e. The van der Waals surface area contributed by atoms with Crippen molar-refractivity contribution in [2.24, 2.45) is 5.16 Å². The van der Waals surface area contributed by atoms with Gasteiger partial charge < -0.3 is 5.21 Å². The summed E-state index contributed by atoms with van der Waals surface area (Å²) in [6.07, 6.45) is 3.99. The molecular weight excluding hydrogens is 272 g/mol. The van der Waals surface area contributed by atoms with Crippen molar-refractivity contribution < 1.29 is 9.77 Å². The van der Waals surface area contributed by atoms with Gasteiger partial charge in [-0.05, 0) is 0 Å². The molecule has 0 atom stereocenters. The topological polar surface area (TPSA) is 36.5 Å². The Bertz CT molecular complexity index is 750. The predicted octanol–water partition coefficient (Wildman–Crippen LogP) is 3.25. The number of aromatic nitrogens is 1. The van der Waals surface area contributed by atoms with Gasteiger partial charge in [0.1, 0.15) is 5.71 Å². The molecule has 0 spiro atoms. The lowest BCUT2D eigenvalue weighted by molar-refractivity contribution is -0.688. The molecule has 0 bridgehead atoms. The molecule has 0 aliphatic rings. The van der Waals surface area contributed by atoms with Gasteiger partial charge in [-0.15, -0.1) is 0 Å². The number of pyridine rings is 1. The lowest BCUT2D eigenvalue weighted by atomic mass is 10.0. The SMILES string of the molecule is O/N=C(\c1ccccc1)c1cc[n+](Cc2ccccc2)cc1. The maximum atomic E-state index is 9.32. The second-order valence-electron chi connectivity index (χ2n) is 5.06. The largest absolute Gasteiger partial charge is 0.410 e. The molecule has 3 aromatic rings. The summed E-state index contributed by atoms with van der Waals surface area (Å²) >= 11 is 0. The minimum Gasteiger partial charge on any atom is -0.410 e. The normalized spacial score (nSPS) is 11.4. The van der Waals surface area contributed by atoms with Crippen LogP contribution >= 0.6 is 0 Å². The van der Waals surface area contributed by atoms with Crippen molar-refractivity contribution in [3.8, 4) is 0 Å². The lowest BCUT2D eigenvalue weighted by Gasteiger charge is -2.04. The average Bonchev–Trinajstić information content (AvgIpc) is 2.59. The molecule has 0 amide bonds. The Morgan fingerprint density at radius 1 is 0.773 bits per heavy atom. The molecule has 0 aliphatic heterocycles. The van der Waals surface area contributed by atoms with Crippen LogP contribution in [-0.2, 0) is 6.54 Å². The minimum absolute atomic E-state index is 0.576. The molecule has 1 N–H and O–H groups in total. The fourth-order valence-corrected chi connectivity index (χ4v) is 2.39. The number of nitrogens with zero attached hydrogens (tertiary/aromatic N) is 2. The molecule has 22 heavy (non-hydrogen) atoms. The van der Waals surface area contributed by atoms with Crippen molar-refractivity contribution in [3.05, 3.63) is 102 Å². The molecule has 0 aliphatic carbocycles. The van der Waals surface area contributed by atoms with Crippen LogP contribution in [0.3, 0.4) is 0 Å². The van der Waals surface area contributed by atoms with Gasteiger partial charge in [-0.25, -0.2) is 4.57 Å². The highest BCUT2D eigenvalue weighted by atomic mass is 16.4. The van der Waals surface area contributed by atoms with Gasteiger partial charge >= 0.3 is 0 Å². The number of rotatable bonds is 4. The molecule has 1 aromatic heterocycles. The summed E-state index contributed by atoms with van der Waals surface area (Å²) in [4.78, 5) is 0. The van der Waals surface area contributed by atoms with Crippen LogP contribution in [0.1, 0.15) is 16.7 Å². The van der Waals surface area contributed by atoms with Gasteiger partial charge in [0.25, 0.3) is 0 Å². The van der Waals surface area contributed by atoms with Crippen molar-refractivity contribution in [3.63, 3.8) is 0 Å². The van der Waals surface area contributed by atoms with Crippen LogP contribution in [0.5, 0.6) is 0 Å². The fraction of sp³-hybridized carbons (Fsp3) is 0.0526. The molecule has 0 unspecified atom stereocenters. The fourth-order valence-electron chi connectivity index (χ4n) is 2.39. The van der Waals surface area contributed by atoms with Crippen LogP contribution in [0.2, 0.25) is 0 Å². The van der Waals surface area contributed by atoms with E-state index in [4.69, 9.17) is 0 Å². The third-order valence-corrected chi connectivity index (χ3v) is 3.52. The second-order valence-corrected chi connectivity index (χ2v) is 5.06. The summed E-state index contributed by atoms with van der Waals surface area (Å²) in [5.41, 5.74) is 3.61. The Morgan fingerprint density at radius 2 is 1.32 bits per heavy atom. The Labute approximate surface area is 129 Å². The summed E-state index contributed by atoms with van der Waals surface area (Å²) < 4.78 is 2.10. The van der Waals surface area contributed by atoms with E-state index in [0.717, 1.165) is 17.7 Å². The van der Waals surface area contributed by atoms with Crippen LogP contribution < -0.4 is 4.57 Å². The molecule has 0 fully saturated rings. The van der Waals surface area contributed by atoms with Gasteiger partial charge in [-0.1, -0.05) is 65.8 Å². The molecule has 0 saturated carbocycles. The number of oxime groups is 1. The third kappa shape index (κ3) is 3.20. The van der Waals surface area contributed by atoms with Crippen molar-refractivity contribution >= 4 is 5.71 Å². The molecule has 3 heteroatoms. The molecular formula is C19H17N2O+. The maximum absolute atomic E-state index is 9.32. The van der Waals surface area contributed by atoms with Crippen molar-refractivity contribution in [1.82, 2.24) is 0 Å². The Kier molecular flexibility index (Phi) is 4.25. The van der Waals surface area contributed by atoms with Gasteiger partial charge in [0.2, 0.25) is 0 Å². The molecule has 2 aromatic carbocycles. The summed E-state index contributed by atoms with van der Waals surface area (Å²) in [5.74, 6) is 0. The number of hydrogen-bond donors (Lipinski definition) is 1. The first-order valence-corrected chi connectivity index (χ1v) is 7.18. The molecule has 3 rings (SSSR count). The lowest BCUT2D eigenvalue weighted by Crippen LogP contribution is -2.33. The Balaban J connectivity index is 1.82. The van der Waals surface area contributed by atoms with Crippen LogP contribution in [0, 0.1) is 0 Å².